The van der Waals surface area contributed by atoms with E-state index in [-0.39, 0.29) is 12.0 Å². The Bertz CT molecular complexity index is 511. The molecule has 1 aromatic carbocycles. The summed E-state index contributed by atoms with van der Waals surface area (Å²) >= 11 is 3.44. The second-order valence-corrected chi connectivity index (χ2v) is 6.83. The first-order valence-electron chi connectivity index (χ1n) is 7.59. The normalized spacial score (nSPS) is 21.3. The van der Waals surface area contributed by atoms with E-state index in [1.807, 2.05) is 29.2 Å². The Balaban J connectivity index is 1.53. The molecule has 2 aliphatic rings. The summed E-state index contributed by atoms with van der Waals surface area (Å²) in [7, 11) is 0. The highest BCUT2D eigenvalue weighted by Gasteiger charge is 2.32. The molecule has 1 saturated heterocycles. The van der Waals surface area contributed by atoms with Crippen LogP contribution in [0.3, 0.4) is 0 Å². The number of halogens is 1. The van der Waals surface area contributed by atoms with Crippen LogP contribution in [-0.4, -0.2) is 59.6 Å². The largest absolute Gasteiger partial charge is 0.392 e. The number of aliphatic hydroxyl groups excluding tert-OH is 1. The molecular formula is C16H21BrN2O2. The third kappa shape index (κ3) is 3.65. The van der Waals surface area contributed by atoms with E-state index in [1.165, 1.54) is 12.8 Å². The lowest BCUT2D eigenvalue weighted by Gasteiger charge is -2.35. The van der Waals surface area contributed by atoms with Crippen molar-refractivity contribution >= 4 is 21.8 Å². The van der Waals surface area contributed by atoms with Gasteiger partial charge in [-0.25, -0.2) is 0 Å². The zero-order chi connectivity index (χ0) is 14.8. The molecule has 1 amide bonds. The van der Waals surface area contributed by atoms with Gasteiger partial charge in [-0.2, -0.15) is 0 Å². The third-order valence-corrected chi connectivity index (χ3v) is 5.07. The van der Waals surface area contributed by atoms with Gasteiger partial charge in [0.25, 0.3) is 5.91 Å². The van der Waals surface area contributed by atoms with E-state index in [4.69, 9.17) is 0 Å². The SMILES string of the molecule is O=C(c1ccccc1Br)N1CCN(C[C@@H](O)C2CC2)CC1. The Labute approximate surface area is 133 Å². The molecule has 1 atom stereocenters. The molecule has 4 nitrogen and oxygen atoms in total. The van der Waals surface area contributed by atoms with E-state index in [0.717, 1.165) is 42.8 Å². The minimum Gasteiger partial charge on any atom is -0.392 e. The summed E-state index contributed by atoms with van der Waals surface area (Å²) in [6.07, 6.45) is 2.15. The van der Waals surface area contributed by atoms with Gasteiger partial charge in [-0.1, -0.05) is 12.1 Å². The molecule has 1 saturated carbocycles. The van der Waals surface area contributed by atoms with Crippen molar-refractivity contribution in [3.8, 4) is 0 Å². The molecule has 3 rings (SSSR count). The molecule has 1 heterocycles. The fourth-order valence-corrected chi connectivity index (χ4v) is 3.29. The van der Waals surface area contributed by atoms with Gasteiger partial charge in [0.05, 0.1) is 11.7 Å². The Morgan fingerprint density at radius 2 is 1.90 bits per heavy atom. The molecule has 0 bridgehead atoms. The minimum atomic E-state index is -0.185. The van der Waals surface area contributed by atoms with Gasteiger partial charge in [0, 0.05) is 37.2 Å². The minimum absolute atomic E-state index is 0.0878. The maximum absolute atomic E-state index is 12.5. The lowest BCUT2D eigenvalue weighted by Crippen LogP contribution is -2.50. The second kappa shape index (κ2) is 6.46. The first-order chi connectivity index (χ1) is 10.1. The highest BCUT2D eigenvalue weighted by atomic mass is 79.9. The Morgan fingerprint density at radius 1 is 1.24 bits per heavy atom. The molecule has 2 fully saturated rings. The van der Waals surface area contributed by atoms with Gasteiger partial charge >= 0.3 is 0 Å². The highest BCUT2D eigenvalue weighted by Crippen LogP contribution is 2.33. The molecule has 0 radical (unpaired) electrons. The van der Waals surface area contributed by atoms with Crippen LogP contribution in [0, 0.1) is 5.92 Å². The number of hydrogen-bond donors (Lipinski definition) is 1. The van der Waals surface area contributed by atoms with Crippen molar-refractivity contribution in [3.63, 3.8) is 0 Å². The van der Waals surface area contributed by atoms with E-state index in [9.17, 15) is 9.90 Å². The van der Waals surface area contributed by atoms with E-state index >= 15 is 0 Å². The van der Waals surface area contributed by atoms with Crippen molar-refractivity contribution < 1.29 is 9.90 Å². The molecule has 5 heteroatoms. The number of rotatable bonds is 4. The Kier molecular flexibility index (Phi) is 4.62. The molecule has 114 valence electrons. The lowest BCUT2D eigenvalue weighted by molar-refractivity contribution is 0.0488. The average Bonchev–Trinajstić information content (AvgIpc) is 3.32. The topological polar surface area (TPSA) is 43.8 Å². The van der Waals surface area contributed by atoms with Crippen molar-refractivity contribution in [1.29, 1.82) is 0 Å². The highest BCUT2D eigenvalue weighted by molar-refractivity contribution is 9.10. The lowest BCUT2D eigenvalue weighted by atomic mass is 10.1. The zero-order valence-electron chi connectivity index (χ0n) is 12.0. The van der Waals surface area contributed by atoms with E-state index < -0.39 is 0 Å². The number of aliphatic hydroxyl groups is 1. The molecule has 1 aliphatic heterocycles. The number of β-amino-alcohol motifs (C(OH)–C–C–N with tert-alkyl or cyclic N) is 1. The van der Waals surface area contributed by atoms with Crippen molar-refractivity contribution in [1.82, 2.24) is 9.80 Å². The van der Waals surface area contributed by atoms with Gasteiger partial charge < -0.3 is 10.0 Å². The fourth-order valence-electron chi connectivity index (χ4n) is 2.83. The quantitative estimate of drug-likeness (QED) is 0.900. The van der Waals surface area contributed by atoms with Crippen molar-refractivity contribution in [3.05, 3.63) is 34.3 Å². The standard InChI is InChI=1S/C16H21BrN2O2/c17-14-4-2-1-3-13(14)16(21)19-9-7-18(8-10-19)11-15(20)12-5-6-12/h1-4,12,15,20H,5-11H2/t15-/m1/s1. The molecular weight excluding hydrogens is 332 g/mol. The molecule has 0 unspecified atom stereocenters. The number of amides is 1. The summed E-state index contributed by atoms with van der Waals surface area (Å²) < 4.78 is 0.849. The molecule has 0 aromatic heterocycles. The summed E-state index contributed by atoms with van der Waals surface area (Å²) in [6, 6.07) is 7.56. The number of carbonyl (C=O) groups excluding carboxylic acids is 1. The zero-order valence-corrected chi connectivity index (χ0v) is 13.6. The summed E-state index contributed by atoms with van der Waals surface area (Å²) in [5.74, 6) is 0.606. The summed E-state index contributed by atoms with van der Waals surface area (Å²) in [4.78, 5) is 16.7. The first-order valence-corrected chi connectivity index (χ1v) is 8.38. The molecule has 1 N–H and O–H groups in total. The number of benzene rings is 1. The van der Waals surface area contributed by atoms with Gasteiger partial charge in [0.1, 0.15) is 0 Å². The predicted octanol–water partition coefficient (Wildman–Crippen LogP) is 1.98. The predicted molar refractivity (Wildman–Crippen MR) is 85.2 cm³/mol. The van der Waals surface area contributed by atoms with Crippen LogP contribution in [0.4, 0.5) is 0 Å². The molecule has 1 aliphatic carbocycles. The summed E-state index contributed by atoms with van der Waals surface area (Å²) in [5.41, 5.74) is 0.726. The van der Waals surface area contributed by atoms with Crippen LogP contribution in [0.15, 0.2) is 28.7 Å². The van der Waals surface area contributed by atoms with Gasteiger partial charge in [0.15, 0.2) is 0 Å². The molecule has 1 aromatic rings. The smallest absolute Gasteiger partial charge is 0.255 e. The van der Waals surface area contributed by atoms with Crippen LogP contribution in [0.2, 0.25) is 0 Å². The second-order valence-electron chi connectivity index (χ2n) is 5.98. The molecule has 21 heavy (non-hydrogen) atoms. The first kappa shape index (κ1) is 15.0. The maximum atomic E-state index is 12.5. The van der Waals surface area contributed by atoms with Crippen LogP contribution in [0.1, 0.15) is 23.2 Å². The van der Waals surface area contributed by atoms with Crippen molar-refractivity contribution in [2.45, 2.75) is 18.9 Å². The number of hydrogen-bond acceptors (Lipinski definition) is 3. The Hall–Kier alpha value is -0.910. The van der Waals surface area contributed by atoms with Gasteiger partial charge in [-0.3, -0.25) is 9.69 Å². The van der Waals surface area contributed by atoms with Crippen LogP contribution in [0.5, 0.6) is 0 Å². The summed E-state index contributed by atoms with van der Waals surface area (Å²) in [5, 5.41) is 10.0. The van der Waals surface area contributed by atoms with E-state index in [2.05, 4.69) is 20.8 Å². The number of piperazine rings is 1. The average molecular weight is 353 g/mol. The van der Waals surface area contributed by atoms with Gasteiger partial charge in [-0.15, -0.1) is 0 Å². The van der Waals surface area contributed by atoms with Crippen LogP contribution >= 0.6 is 15.9 Å². The van der Waals surface area contributed by atoms with Gasteiger partial charge in [-0.05, 0) is 46.8 Å². The number of nitrogens with zero attached hydrogens (tertiary/aromatic N) is 2. The summed E-state index contributed by atoms with van der Waals surface area (Å²) in [6.45, 7) is 3.91. The van der Waals surface area contributed by atoms with Crippen LogP contribution < -0.4 is 0 Å². The maximum Gasteiger partial charge on any atom is 0.255 e. The molecule has 0 spiro atoms. The van der Waals surface area contributed by atoms with Gasteiger partial charge in [0.2, 0.25) is 0 Å². The van der Waals surface area contributed by atoms with Crippen molar-refractivity contribution in [2.24, 2.45) is 5.92 Å². The van der Waals surface area contributed by atoms with Crippen molar-refractivity contribution in [2.75, 3.05) is 32.7 Å². The Morgan fingerprint density at radius 3 is 2.52 bits per heavy atom. The van der Waals surface area contributed by atoms with Crippen LogP contribution in [0.25, 0.3) is 0 Å². The fraction of sp³-hybridized carbons (Fsp3) is 0.562. The van der Waals surface area contributed by atoms with E-state index in [0.29, 0.717) is 5.92 Å². The monoisotopic (exact) mass is 352 g/mol. The number of carbonyl (C=O) groups is 1. The van der Waals surface area contributed by atoms with E-state index in [1.54, 1.807) is 0 Å². The van der Waals surface area contributed by atoms with Crippen LogP contribution in [-0.2, 0) is 0 Å². The third-order valence-electron chi connectivity index (χ3n) is 4.38.